The summed E-state index contributed by atoms with van der Waals surface area (Å²) in [5.74, 6) is -0.170. The van der Waals surface area contributed by atoms with Crippen molar-refractivity contribution in [3.05, 3.63) is 66.7 Å². The summed E-state index contributed by atoms with van der Waals surface area (Å²) < 4.78 is 40.9. The number of carbonyl (C=O) groups is 1. The van der Waals surface area contributed by atoms with Crippen LogP contribution in [0, 0.1) is 0 Å². The van der Waals surface area contributed by atoms with Gasteiger partial charge >= 0.3 is 6.18 Å². The first-order chi connectivity index (χ1) is 12.7. The van der Waals surface area contributed by atoms with E-state index in [0.717, 1.165) is 6.07 Å². The molecule has 3 nitrogen and oxygen atoms in total. The number of carbonyl (C=O) groups excluding carboxylic acids is 1. The maximum Gasteiger partial charge on any atom is 0.417 e. The van der Waals surface area contributed by atoms with Gasteiger partial charge in [-0.2, -0.15) is 13.2 Å². The molecule has 1 heterocycles. The van der Waals surface area contributed by atoms with E-state index in [1.807, 2.05) is 6.92 Å². The van der Waals surface area contributed by atoms with Crippen LogP contribution in [0.3, 0.4) is 0 Å². The predicted octanol–water partition coefficient (Wildman–Crippen LogP) is 4.96. The Morgan fingerprint density at radius 3 is 2.56 bits per heavy atom. The molecular weight excluding hydrogens is 353 g/mol. The molecule has 0 spiro atoms. The number of halogens is 3. The number of benzene rings is 2. The van der Waals surface area contributed by atoms with Crippen LogP contribution in [0.4, 0.5) is 18.9 Å². The molecule has 142 valence electrons. The standard InChI is InChI=1S/C21H21F3N2O/c1-3-19(27)26-12-11-20(2,14-26)25-16-9-10-17(15-7-5-4-6-8-15)18(13-16)21(22,23)24/h3-10,13,25H,1,11-12,14H2,2H3. The largest absolute Gasteiger partial charge is 0.417 e. The SMILES string of the molecule is C=CC(=O)N1CCC(C)(Nc2ccc(-c3ccccc3)c(C(F)(F)F)c2)C1. The smallest absolute Gasteiger partial charge is 0.378 e. The molecule has 1 saturated heterocycles. The Bertz CT molecular complexity index is 848. The van der Waals surface area contributed by atoms with E-state index in [4.69, 9.17) is 0 Å². The molecular formula is C21H21F3N2O. The third-order valence-corrected chi connectivity index (χ3v) is 4.82. The molecule has 1 aliphatic heterocycles. The molecule has 1 unspecified atom stereocenters. The summed E-state index contributed by atoms with van der Waals surface area (Å²) >= 11 is 0. The van der Waals surface area contributed by atoms with Gasteiger partial charge in [0.1, 0.15) is 0 Å². The lowest BCUT2D eigenvalue weighted by molar-refractivity contribution is -0.137. The van der Waals surface area contributed by atoms with Crippen LogP contribution in [0.5, 0.6) is 0 Å². The monoisotopic (exact) mass is 374 g/mol. The maximum absolute atomic E-state index is 13.6. The Hall–Kier alpha value is -2.76. The highest BCUT2D eigenvalue weighted by Gasteiger charge is 2.37. The molecule has 3 rings (SSSR count). The summed E-state index contributed by atoms with van der Waals surface area (Å²) in [6.45, 7) is 6.34. The molecule has 1 N–H and O–H groups in total. The van der Waals surface area contributed by atoms with Gasteiger partial charge in [-0.05, 0) is 42.7 Å². The molecule has 2 aromatic carbocycles. The van der Waals surface area contributed by atoms with E-state index in [0.29, 0.717) is 30.8 Å². The van der Waals surface area contributed by atoms with Gasteiger partial charge in [-0.1, -0.05) is 43.0 Å². The number of likely N-dealkylation sites (tertiary alicyclic amines) is 1. The van der Waals surface area contributed by atoms with Crippen molar-refractivity contribution in [1.82, 2.24) is 4.90 Å². The number of alkyl halides is 3. The van der Waals surface area contributed by atoms with Gasteiger partial charge in [0.2, 0.25) is 5.91 Å². The minimum absolute atomic E-state index is 0.147. The van der Waals surface area contributed by atoms with Crippen LogP contribution in [0.15, 0.2) is 61.2 Å². The zero-order chi connectivity index (χ0) is 19.7. The van der Waals surface area contributed by atoms with Crippen molar-refractivity contribution < 1.29 is 18.0 Å². The second-order valence-corrected chi connectivity index (χ2v) is 7.02. The van der Waals surface area contributed by atoms with E-state index in [9.17, 15) is 18.0 Å². The Morgan fingerprint density at radius 2 is 1.93 bits per heavy atom. The van der Waals surface area contributed by atoms with E-state index in [-0.39, 0.29) is 11.5 Å². The lowest BCUT2D eigenvalue weighted by Gasteiger charge is -2.28. The molecule has 27 heavy (non-hydrogen) atoms. The fourth-order valence-electron chi connectivity index (χ4n) is 3.45. The minimum Gasteiger partial charge on any atom is -0.378 e. The average molecular weight is 374 g/mol. The number of nitrogens with one attached hydrogen (secondary N) is 1. The van der Waals surface area contributed by atoms with Crippen molar-refractivity contribution in [3.63, 3.8) is 0 Å². The second-order valence-electron chi connectivity index (χ2n) is 7.02. The van der Waals surface area contributed by atoms with Gasteiger partial charge in [0.25, 0.3) is 0 Å². The summed E-state index contributed by atoms with van der Waals surface area (Å²) in [4.78, 5) is 13.4. The molecule has 2 aromatic rings. The van der Waals surface area contributed by atoms with Gasteiger partial charge in [0.15, 0.2) is 0 Å². The summed E-state index contributed by atoms with van der Waals surface area (Å²) in [5, 5.41) is 3.19. The number of hydrogen-bond donors (Lipinski definition) is 1. The quantitative estimate of drug-likeness (QED) is 0.767. The van der Waals surface area contributed by atoms with Crippen molar-refractivity contribution in [1.29, 1.82) is 0 Å². The second kappa shape index (κ2) is 7.10. The zero-order valence-corrected chi connectivity index (χ0v) is 15.0. The molecule has 0 bridgehead atoms. The fourth-order valence-corrected chi connectivity index (χ4v) is 3.45. The van der Waals surface area contributed by atoms with Crippen molar-refractivity contribution in [2.24, 2.45) is 0 Å². The average Bonchev–Trinajstić information content (AvgIpc) is 3.03. The molecule has 1 amide bonds. The first kappa shape index (κ1) is 19.0. The number of hydrogen-bond acceptors (Lipinski definition) is 2. The van der Waals surface area contributed by atoms with Crippen LogP contribution < -0.4 is 5.32 Å². The van der Waals surface area contributed by atoms with Crippen LogP contribution in [0.2, 0.25) is 0 Å². The van der Waals surface area contributed by atoms with E-state index in [1.165, 1.54) is 12.1 Å². The molecule has 0 saturated carbocycles. The first-order valence-corrected chi connectivity index (χ1v) is 8.68. The van der Waals surface area contributed by atoms with Crippen LogP contribution >= 0.6 is 0 Å². The summed E-state index contributed by atoms with van der Waals surface area (Å²) in [6, 6.07) is 12.8. The Labute approximate surface area is 156 Å². The Kier molecular flexibility index (Phi) is 5.00. The van der Waals surface area contributed by atoms with Crippen LogP contribution in [0.25, 0.3) is 11.1 Å². The number of amides is 1. The van der Waals surface area contributed by atoms with Crippen LogP contribution in [-0.4, -0.2) is 29.4 Å². The van der Waals surface area contributed by atoms with Crippen molar-refractivity contribution in [2.75, 3.05) is 18.4 Å². The van der Waals surface area contributed by atoms with E-state index >= 15 is 0 Å². The van der Waals surface area contributed by atoms with Crippen molar-refractivity contribution >= 4 is 11.6 Å². The van der Waals surface area contributed by atoms with E-state index < -0.39 is 17.3 Å². The zero-order valence-electron chi connectivity index (χ0n) is 15.0. The first-order valence-electron chi connectivity index (χ1n) is 8.68. The Balaban J connectivity index is 1.90. The minimum atomic E-state index is -4.47. The highest BCUT2D eigenvalue weighted by Crippen LogP contribution is 2.39. The summed E-state index contributed by atoms with van der Waals surface area (Å²) in [6.07, 6.45) is -2.57. The third-order valence-electron chi connectivity index (χ3n) is 4.82. The highest BCUT2D eigenvalue weighted by atomic mass is 19.4. The predicted molar refractivity (Wildman–Crippen MR) is 100 cm³/mol. The van der Waals surface area contributed by atoms with Crippen molar-refractivity contribution in [2.45, 2.75) is 25.1 Å². The molecule has 0 aromatic heterocycles. The van der Waals surface area contributed by atoms with E-state index in [2.05, 4.69) is 11.9 Å². The Morgan fingerprint density at radius 1 is 1.22 bits per heavy atom. The third kappa shape index (κ3) is 4.15. The topological polar surface area (TPSA) is 32.3 Å². The summed E-state index contributed by atoms with van der Waals surface area (Å²) in [7, 11) is 0. The van der Waals surface area contributed by atoms with Gasteiger partial charge in [-0.25, -0.2) is 0 Å². The number of anilines is 1. The van der Waals surface area contributed by atoms with Crippen LogP contribution in [-0.2, 0) is 11.0 Å². The molecule has 6 heteroatoms. The van der Waals surface area contributed by atoms with E-state index in [1.54, 1.807) is 41.3 Å². The fraction of sp³-hybridized carbons (Fsp3) is 0.286. The molecule has 1 aliphatic rings. The molecule has 0 radical (unpaired) electrons. The van der Waals surface area contributed by atoms with Gasteiger partial charge < -0.3 is 10.2 Å². The van der Waals surface area contributed by atoms with Gasteiger partial charge in [-0.15, -0.1) is 0 Å². The lowest BCUT2D eigenvalue weighted by Crippen LogP contribution is -2.39. The highest BCUT2D eigenvalue weighted by molar-refractivity contribution is 5.87. The van der Waals surface area contributed by atoms with Gasteiger partial charge in [-0.3, -0.25) is 4.79 Å². The van der Waals surface area contributed by atoms with Gasteiger partial charge in [0, 0.05) is 18.8 Å². The van der Waals surface area contributed by atoms with Gasteiger partial charge in [0.05, 0.1) is 11.1 Å². The molecule has 1 fully saturated rings. The maximum atomic E-state index is 13.6. The molecule has 0 aliphatic carbocycles. The van der Waals surface area contributed by atoms with Crippen molar-refractivity contribution in [3.8, 4) is 11.1 Å². The lowest BCUT2D eigenvalue weighted by atomic mass is 9.97. The number of nitrogens with zero attached hydrogens (tertiary/aromatic N) is 1. The summed E-state index contributed by atoms with van der Waals surface area (Å²) in [5.41, 5.74) is -0.118. The van der Waals surface area contributed by atoms with Crippen LogP contribution in [0.1, 0.15) is 18.9 Å². The normalized spacial score (nSPS) is 19.8. The number of rotatable bonds is 4. The molecule has 1 atom stereocenters.